The van der Waals surface area contributed by atoms with E-state index in [1.54, 1.807) is 0 Å². The summed E-state index contributed by atoms with van der Waals surface area (Å²) < 4.78 is 2.24. The lowest BCUT2D eigenvalue weighted by molar-refractivity contribution is 0.401. The zero-order valence-electron chi connectivity index (χ0n) is 33.7. The Labute approximate surface area is 342 Å². The van der Waals surface area contributed by atoms with Crippen LogP contribution in [0.5, 0.6) is 0 Å². The summed E-state index contributed by atoms with van der Waals surface area (Å²) in [7, 11) is 0. The van der Waals surface area contributed by atoms with Crippen molar-refractivity contribution in [2.45, 2.75) is 83.5 Å². The lowest BCUT2D eigenvalue weighted by Crippen LogP contribution is -2.25. The maximum atomic E-state index is 5.30. The second-order valence-electron chi connectivity index (χ2n) is 15.9. The molecular weight excluding hydrogens is 707 g/mol. The lowest BCUT2D eigenvalue weighted by atomic mass is 9.70. The summed E-state index contributed by atoms with van der Waals surface area (Å²) >= 11 is 0. The Bertz CT molecular complexity index is 2650. The molecule has 0 saturated carbocycles. The molecule has 2 heterocycles. The van der Waals surface area contributed by atoms with Crippen LogP contribution >= 0.6 is 0 Å². The van der Waals surface area contributed by atoms with Crippen LogP contribution in [0.4, 0.5) is 0 Å². The molecule has 8 aromatic rings. The first-order valence-corrected chi connectivity index (χ1v) is 21.4. The fraction of sp³-hybridized carbons (Fsp3) is 0.245. The number of rotatable bonds is 15. The Hall–Kier alpha value is -6.20. The minimum atomic E-state index is -0.0277. The molecule has 0 aliphatic heterocycles. The fourth-order valence-electron chi connectivity index (χ4n) is 9.17. The second kappa shape index (κ2) is 16.7. The Morgan fingerprint density at radius 2 is 1.00 bits per heavy atom. The third-order valence-electron chi connectivity index (χ3n) is 12.1. The first kappa shape index (κ1) is 37.4. The van der Waals surface area contributed by atoms with Crippen LogP contribution in [0.15, 0.2) is 152 Å². The maximum absolute atomic E-state index is 5.30. The summed E-state index contributed by atoms with van der Waals surface area (Å²) in [5.41, 5.74) is 12.6. The van der Waals surface area contributed by atoms with Gasteiger partial charge < -0.3 is 0 Å². The summed E-state index contributed by atoms with van der Waals surface area (Å²) in [4.78, 5) is 20.8. The molecule has 9 rings (SSSR count). The molecule has 1 aliphatic rings. The molecule has 2 aromatic heterocycles. The summed E-state index contributed by atoms with van der Waals surface area (Å²) in [6.45, 7) is 4.61. The van der Waals surface area contributed by atoms with E-state index in [-0.39, 0.29) is 5.41 Å². The Morgan fingerprint density at radius 1 is 0.431 bits per heavy atom. The molecule has 58 heavy (non-hydrogen) atoms. The van der Waals surface area contributed by atoms with Crippen LogP contribution in [-0.2, 0) is 5.41 Å². The molecule has 0 N–H and O–H groups in total. The molecule has 5 nitrogen and oxygen atoms in total. The number of unbranched alkanes of at least 4 members (excludes halogenated alkanes) is 6. The number of benzene rings is 6. The van der Waals surface area contributed by atoms with E-state index >= 15 is 0 Å². The van der Waals surface area contributed by atoms with Gasteiger partial charge in [0.2, 0.25) is 0 Å². The predicted molar refractivity (Wildman–Crippen MR) is 240 cm³/mol. The Morgan fingerprint density at radius 3 is 1.72 bits per heavy atom. The van der Waals surface area contributed by atoms with Crippen LogP contribution in [0.25, 0.3) is 73.4 Å². The topological polar surface area (TPSA) is 56.5 Å². The van der Waals surface area contributed by atoms with Crippen molar-refractivity contribution in [2.24, 2.45) is 0 Å². The van der Waals surface area contributed by atoms with Crippen molar-refractivity contribution in [1.29, 1.82) is 0 Å². The van der Waals surface area contributed by atoms with Gasteiger partial charge in [-0.3, -0.25) is 4.57 Å². The van der Waals surface area contributed by atoms with Crippen molar-refractivity contribution in [2.75, 3.05) is 0 Å². The van der Waals surface area contributed by atoms with E-state index in [1.165, 1.54) is 73.6 Å². The largest absolute Gasteiger partial charge is 0.292 e. The predicted octanol–water partition coefficient (Wildman–Crippen LogP) is 14.1. The van der Waals surface area contributed by atoms with Crippen LogP contribution in [-0.4, -0.2) is 24.5 Å². The van der Waals surface area contributed by atoms with Crippen LogP contribution in [0.1, 0.15) is 89.2 Å². The molecule has 5 heteroatoms. The van der Waals surface area contributed by atoms with Crippen molar-refractivity contribution < 1.29 is 0 Å². The molecule has 0 atom stereocenters. The summed E-state index contributed by atoms with van der Waals surface area (Å²) in [5.74, 6) is 2.87. The highest BCUT2D eigenvalue weighted by Gasteiger charge is 2.42. The van der Waals surface area contributed by atoms with Crippen molar-refractivity contribution in [3.8, 4) is 62.4 Å². The van der Waals surface area contributed by atoms with Gasteiger partial charge in [0.1, 0.15) is 5.82 Å². The van der Waals surface area contributed by atoms with Crippen molar-refractivity contribution in [1.82, 2.24) is 24.5 Å². The van der Waals surface area contributed by atoms with Gasteiger partial charge in [0.05, 0.1) is 11.0 Å². The van der Waals surface area contributed by atoms with Crippen LogP contribution < -0.4 is 0 Å². The average molecular weight is 758 g/mol. The van der Waals surface area contributed by atoms with E-state index in [2.05, 4.69) is 140 Å². The van der Waals surface area contributed by atoms with Gasteiger partial charge in [-0.2, -0.15) is 0 Å². The van der Waals surface area contributed by atoms with Gasteiger partial charge in [-0.1, -0.05) is 180 Å². The van der Waals surface area contributed by atoms with Gasteiger partial charge in [-0.25, -0.2) is 19.9 Å². The Kier molecular flexibility index (Phi) is 10.8. The first-order valence-electron chi connectivity index (χ1n) is 21.4. The molecule has 0 radical (unpaired) electrons. The fourth-order valence-corrected chi connectivity index (χ4v) is 9.17. The highest BCUT2D eigenvalue weighted by Crippen LogP contribution is 2.55. The highest BCUT2D eigenvalue weighted by molar-refractivity contribution is 5.85. The molecule has 0 spiro atoms. The van der Waals surface area contributed by atoms with Gasteiger partial charge in [-0.15, -0.1) is 0 Å². The number of nitrogens with zero attached hydrogens (tertiary/aromatic N) is 5. The van der Waals surface area contributed by atoms with Crippen LogP contribution in [0.2, 0.25) is 0 Å². The minimum Gasteiger partial charge on any atom is -0.292 e. The standard InChI is InChI=1S/C53H51N5/c1-3-5-7-19-34-53(35-20-8-6-4-2)45-29-16-15-28-43(45)44-33-32-40(37-46(44)53)51-56-49(38-22-11-9-12-23-38)55-50(57-51)39-24-21-25-41(36-39)52-54-47-30-17-18-31-48(47)58(52)42-26-13-10-14-27-42/h9-18,21-33,36-37H,3-8,19-20,34-35H2,1-2H3. The normalized spacial score (nSPS) is 12.8. The van der Waals surface area contributed by atoms with Gasteiger partial charge in [0, 0.05) is 33.4 Å². The van der Waals surface area contributed by atoms with Crippen molar-refractivity contribution in [3.05, 3.63) is 163 Å². The molecule has 0 bridgehead atoms. The number of para-hydroxylation sites is 3. The van der Waals surface area contributed by atoms with Gasteiger partial charge in [0.15, 0.2) is 17.5 Å². The van der Waals surface area contributed by atoms with E-state index in [1.807, 2.05) is 30.3 Å². The molecular formula is C53H51N5. The number of hydrogen-bond acceptors (Lipinski definition) is 4. The number of hydrogen-bond donors (Lipinski definition) is 0. The summed E-state index contributed by atoms with van der Waals surface area (Å²) in [5, 5.41) is 0. The molecule has 0 saturated heterocycles. The first-order chi connectivity index (χ1) is 28.7. The zero-order valence-corrected chi connectivity index (χ0v) is 33.7. The quantitative estimate of drug-likeness (QED) is 0.0977. The van der Waals surface area contributed by atoms with E-state index in [9.17, 15) is 0 Å². The smallest absolute Gasteiger partial charge is 0.164 e. The monoisotopic (exact) mass is 757 g/mol. The van der Waals surface area contributed by atoms with E-state index in [4.69, 9.17) is 19.9 Å². The molecule has 1 aliphatic carbocycles. The second-order valence-corrected chi connectivity index (χ2v) is 15.9. The molecule has 0 unspecified atom stereocenters. The highest BCUT2D eigenvalue weighted by atomic mass is 15.1. The molecule has 6 aromatic carbocycles. The van der Waals surface area contributed by atoms with Gasteiger partial charge in [-0.05, 0) is 71.5 Å². The average Bonchev–Trinajstić information content (AvgIpc) is 3.81. The third-order valence-corrected chi connectivity index (χ3v) is 12.1. The maximum Gasteiger partial charge on any atom is 0.164 e. The molecule has 0 fully saturated rings. The molecule has 0 amide bonds. The van der Waals surface area contributed by atoms with Gasteiger partial charge >= 0.3 is 0 Å². The van der Waals surface area contributed by atoms with Crippen LogP contribution in [0, 0.1) is 0 Å². The number of fused-ring (bicyclic) bond motifs is 4. The van der Waals surface area contributed by atoms with Crippen molar-refractivity contribution in [3.63, 3.8) is 0 Å². The van der Waals surface area contributed by atoms with Gasteiger partial charge in [0.25, 0.3) is 0 Å². The number of imidazole rings is 1. The third kappa shape index (κ3) is 7.15. The number of aromatic nitrogens is 5. The zero-order chi connectivity index (χ0) is 39.3. The van der Waals surface area contributed by atoms with E-state index < -0.39 is 0 Å². The van der Waals surface area contributed by atoms with Crippen LogP contribution in [0.3, 0.4) is 0 Å². The van der Waals surface area contributed by atoms with Crippen molar-refractivity contribution >= 4 is 11.0 Å². The Balaban J connectivity index is 1.18. The van der Waals surface area contributed by atoms with E-state index in [0.29, 0.717) is 17.5 Å². The summed E-state index contributed by atoms with van der Waals surface area (Å²) in [6.07, 6.45) is 12.3. The minimum absolute atomic E-state index is 0.0277. The lowest BCUT2D eigenvalue weighted by Gasteiger charge is -2.33. The summed E-state index contributed by atoms with van der Waals surface area (Å²) in [6, 6.07) is 53.7. The van der Waals surface area contributed by atoms with E-state index in [0.717, 1.165) is 57.6 Å². The molecule has 288 valence electrons. The SMILES string of the molecule is CCCCCCC1(CCCCCC)c2ccccc2-c2ccc(-c3nc(-c4ccccc4)nc(-c4cccc(-c5nc6ccccc6n5-c5ccccc5)c4)n3)cc21.